The highest BCUT2D eigenvalue weighted by Gasteiger charge is 2.39. The summed E-state index contributed by atoms with van der Waals surface area (Å²) in [6.45, 7) is 1.20. The number of hydrogen-bond donors (Lipinski definition) is 1. The number of ether oxygens (including phenoxy) is 4. The molecule has 0 radical (unpaired) electrons. The van der Waals surface area contributed by atoms with E-state index in [1.165, 1.54) is 0 Å². The lowest BCUT2D eigenvalue weighted by Crippen LogP contribution is -2.54. The first-order chi connectivity index (χ1) is 16.2. The van der Waals surface area contributed by atoms with Gasteiger partial charge in [0.1, 0.15) is 18.4 Å². The number of benzene rings is 3. The van der Waals surface area contributed by atoms with Gasteiger partial charge in [0.15, 0.2) is 0 Å². The summed E-state index contributed by atoms with van der Waals surface area (Å²) in [6.07, 6.45) is -1.68. The lowest BCUT2D eigenvalue weighted by molar-refractivity contribution is -0.201. The maximum absolute atomic E-state index is 12.6. The van der Waals surface area contributed by atoms with Crippen molar-refractivity contribution < 1.29 is 23.7 Å². The molecule has 0 spiro atoms. The Morgan fingerprint density at radius 1 is 0.818 bits per heavy atom. The van der Waals surface area contributed by atoms with E-state index in [2.05, 4.69) is 0 Å². The third kappa shape index (κ3) is 6.73. The smallest absolute Gasteiger partial charge is 0.338 e. The summed E-state index contributed by atoms with van der Waals surface area (Å²) in [6, 6.07) is 28.7. The highest BCUT2D eigenvalue weighted by molar-refractivity contribution is 5.89. The SMILES string of the molecule is N[C@H]1O[C@H](COCc2ccccc2)[C@@H](OCc2ccccc2)C[C@H]1OC(=O)c1ccccc1. The van der Waals surface area contributed by atoms with Crippen molar-refractivity contribution in [1.82, 2.24) is 0 Å². The van der Waals surface area contributed by atoms with Gasteiger partial charge in [0, 0.05) is 6.42 Å². The lowest BCUT2D eigenvalue weighted by atomic mass is 10.0. The van der Waals surface area contributed by atoms with Gasteiger partial charge in [-0.2, -0.15) is 0 Å². The molecule has 0 saturated carbocycles. The van der Waals surface area contributed by atoms with Crippen LogP contribution in [0.1, 0.15) is 27.9 Å². The van der Waals surface area contributed by atoms with Crippen molar-refractivity contribution in [1.29, 1.82) is 0 Å². The van der Waals surface area contributed by atoms with E-state index in [-0.39, 0.29) is 12.2 Å². The average molecular weight is 448 g/mol. The number of esters is 1. The van der Waals surface area contributed by atoms with Gasteiger partial charge in [0.2, 0.25) is 0 Å². The molecule has 0 unspecified atom stereocenters. The van der Waals surface area contributed by atoms with Gasteiger partial charge in [-0.1, -0.05) is 78.9 Å². The van der Waals surface area contributed by atoms with Gasteiger partial charge in [-0.25, -0.2) is 4.79 Å². The third-order valence-corrected chi connectivity index (χ3v) is 5.55. The Labute approximate surface area is 194 Å². The van der Waals surface area contributed by atoms with Gasteiger partial charge in [-0.05, 0) is 23.3 Å². The van der Waals surface area contributed by atoms with E-state index in [0.717, 1.165) is 11.1 Å². The third-order valence-electron chi connectivity index (χ3n) is 5.55. The number of carbonyl (C=O) groups excluding carboxylic acids is 1. The van der Waals surface area contributed by atoms with E-state index in [1.54, 1.807) is 24.3 Å². The fraction of sp³-hybridized carbons (Fsp3) is 0.296. The summed E-state index contributed by atoms with van der Waals surface area (Å²) in [5.74, 6) is -0.430. The fourth-order valence-corrected chi connectivity index (χ4v) is 3.75. The van der Waals surface area contributed by atoms with Gasteiger partial charge in [-0.15, -0.1) is 0 Å². The average Bonchev–Trinajstić information content (AvgIpc) is 2.86. The van der Waals surface area contributed by atoms with E-state index in [0.29, 0.717) is 31.8 Å². The first-order valence-corrected chi connectivity index (χ1v) is 11.1. The van der Waals surface area contributed by atoms with Gasteiger partial charge < -0.3 is 24.7 Å². The molecule has 4 atom stereocenters. The molecule has 4 rings (SSSR count). The molecule has 172 valence electrons. The Kier molecular flexibility index (Phi) is 8.22. The van der Waals surface area contributed by atoms with Crippen molar-refractivity contribution in [3.63, 3.8) is 0 Å². The molecular formula is C27H29NO5. The first-order valence-electron chi connectivity index (χ1n) is 11.1. The Morgan fingerprint density at radius 3 is 2.03 bits per heavy atom. The first kappa shape index (κ1) is 23.1. The van der Waals surface area contributed by atoms with Crippen LogP contribution >= 0.6 is 0 Å². The molecule has 1 heterocycles. The zero-order chi connectivity index (χ0) is 22.9. The second kappa shape index (κ2) is 11.7. The van der Waals surface area contributed by atoms with Crippen LogP contribution in [0.4, 0.5) is 0 Å². The molecule has 1 aliphatic rings. The normalized spacial score (nSPS) is 22.6. The van der Waals surface area contributed by atoms with E-state index >= 15 is 0 Å². The maximum atomic E-state index is 12.6. The molecule has 1 aliphatic heterocycles. The molecule has 2 N–H and O–H groups in total. The van der Waals surface area contributed by atoms with Gasteiger partial charge >= 0.3 is 5.97 Å². The Morgan fingerprint density at radius 2 is 1.39 bits per heavy atom. The van der Waals surface area contributed by atoms with Crippen molar-refractivity contribution in [2.45, 2.75) is 44.2 Å². The van der Waals surface area contributed by atoms with Crippen molar-refractivity contribution in [3.05, 3.63) is 108 Å². The van der Waals surface area contributed by atoms with Gasteiger partial charge in [-0.3, -0.25) is 0 Å². The summed E-state index contributed by atoms with van der Waals surface area (Å²) in [5, 5.41) is 0. The molecule has 6 nitrogen and oxygen atoms in total. The monoisotopic (exact) mass is 447 g/mol. The molecule has 3 aromatic carbocycles. The predicted octanol–water partition coefficient (Wildman–Crippen LogP) is 4.09. The molecule has 0 aromatic heterocycles. The van der Waals surface area contributed by atoms with Crippen molar-refractivity contribution in [3.8, 4) is 0 Å². The van der Waals surface area contributed by atoms with Gasteiger partial charge in [0.05, 0.1) is 31.5 Å². The highest BCUT2D eigenvalue weighted by Crippen LogP contribution is 2.25. The second-order valence-corrected chi connectivity index (χ2v) is 8.02. The van der Waals surface area contributed by atoms with Crippen LogP contribution in [0.2, 0.25) is 0 Å². The minimum Gasteiger partial charge on any atom is -0.454 e. The summed E-state index contributed by atoms with van der Waals surface area (Å²) in [4.78, 5) is 12.6. The van der Waals surface area contributed by atoms with E-state index in [9.17, 15) is 4.79 Å². The Balaban J connectivity index is 1.39. The molecule has 0 amide bonds. The van der Waals surface area contributed by atoms with E-state index in [4.69, 9.17) is 24.7 Å². The summed E-state index contributed by atoms with van der Waals surface area (Å²) in [7, 11) is 0. The quantitative estimate of drug-likeness (QED) is 0.498. The van der Waals surface area contributed by atoms with Crippen LogP contribution in [0.25, 0.3) is 0 Å². The summed E-state index contributed by atoms with van der Waals surface area (Å²) < 4.78 is 23.8. The van der Waals surface area contributed by atoms with Crippen molar-refractivity contribution >= 4 is 5.97 Å². The largest absolute Gasteiger partial charge is 0.454 e. The van der Waals surface area contributed by atoms with E-state index < -0.39 is 18.3 Å². The molecule has 0 aliphatic carbocycles. The zero-order valence-electron chi connectivity index (χ0n) is 18.4. The molecular weight excluding hydrogens is 418 g/mol. The Bertz CT molecular complexity index is 983. The van der Waals surface area contributed by atoms with Crippen LogP contribution in [0.15, 0.2) is 91.0 Å². The zero-order valence-corrected chi connectivity index (χ0v) is 18.4. The van der Waals surface area contributed by atoms with Crippen LogP contribution < -0.4 is 5.73 Å². The van der Waals surface area contributed by atoms with Crippen LogP contribution in [-0.2, 0) is 32.2 Å². The topological polar surface area (TPSA) is 80.0 Å². The standard InChI is InChI=1S/C27H29NO5/c28-26-24(33-27(29)22-14-8-3-9-15-22)16-23(31-18-21-12-6-2-7-13-21)25(32-26)19-30-17-20-10-4-1-5-11-20/h1-15,23-26H,16-19,28H2/t23-,24+,25+,26-/m0/s1. The number of rotatable bonds is 9. The summed E-state index contributed by atoms with van der Waals surface area (Å²) >= 11 is 0. The molecule has 3 aromatic rings. The minimum absolute atomic E-state index is 0.321. The minimum atomic E-state index is -0.764. The predicted molar refractivity (Wildman–Crippen MR) is 124 cm³/mol. The maximum Gasteiger partial charge on any atom is 0.338 e. The van der Waals surface area contributed by atoms with Crippen LogP contribution in [0, 0.1) is 0 Å². The molecule has 33 heavy (non-hydrogen) atoms. The molecule has 0 bridgehead atoms. The molecule has 6 heteroatoms. The molecule has 1 saturated heterocycles. The van der Waals surface area contributed by atoms with Crippen LogP contribution in [0.5, 0.6) is 0 Å². The molecule has 1 fully saturated rings. The van der Waals surface area contributed by atoms with Crippen LogP contribution in [0.3, 0.4) is 0 Å². The summed E-state index contributed by atoms with van der Waals surface area (Å²) in [5.41, 5.74) is 8.84. The number of carbonyl (C=O) groups is 1. The number of nitrogens with two attached hydrogens (primary N) is 1. The fourth-order valence-electron chi connectivity index (χ4n) is 3.75. The number of hydrogen-bond acceptors (Lipinski definition) is 6. The lowest BCUT2D eigenvalue weighted by Gasteiger charge is -2.39. The van der Waals surface area contributed by atoms with Gasteiger partial charge in [0.25, 0.3) is 0 Å². The van der Waals surface area contributed by atoms with Crippen LogP contribution in [-0.4, -0.2) is 37.1 Å². The second-order valence-electron chi connectivity index (χ2n) is 8.02. The van der Waals surface area contributed by atoms with E-state index in [1.807, 2.05) is 66.7 Å². The van der Waals surface area contributed by atoms with Crippen molar-refractivity contribution in [2.75, 3.05) is 6.61 Å². The Hall–Kier alpha value is -3.03. The highest BCUT2D eigenvalue weighted by atomic mass is 16.6. The van der Waals surface area contributed by atoms with Crippen molar-refractivity contribution in [2.24, 2.45) is 5.73 Å².